The topological polar surface area (TPSA) is 110 Å². The van der Waals surface area contributed by atoms with Gasteiger partial charge in [-0.1, -0.05) is 76.8 Å². The second-order valence-corrected chi connectivity index (χ2v) is 7.88. The molecule has 3 atom stereocenters. The van der Waals surface area contributed by atoms with Crippen LogP contribution in [0, 0.1) is 0 Å². The maximum Gasteiger partial charge on any atom is 0.260 e. The van der Waals surface area contributed by atoms with E-state index >= 15 is 0 Å². The number of rotatable bonds is 17. The minimum absolute atomic E-state index is 0.262. The van der Waals surface area contributed by atoms with Crippen LogP contribution in [0.3, 0.4) is 0 Å². The van der Waals surface area contributed by atoms with Crippen LogP contribution in [-0.4, -0.2) is 56.7 Å². The fourth-order valence-electron chi connectivity index (χ4n) is 3.33. The summed E-state index contributed by atoms with van der Waals surface area (Å²) in [6, 6.07) is 7.08. The van der Waals surface area contributed by atoms with Gasteiger partial charge in [0.05, 0.1) is 6.61 Å². The lowest BCUT2D eigenvalue weighted by molar-refractivity contribution is -0.249. The lowest BCUT2D eigenvalue weighted by Gasteiger charge is -2.33. The number of aliphatic hydroxyl groups excluding tert-OH is 4. The molecule has 0 saturated carbocycles. The van der Waals surface area contributed by atoms with Crippen LogP contribution in [0.15, 0.2) is 24.3 Å². The molecular weight excluding hydrogens is 372 g/mol. The Balaban J connectivity index is 2.30. The summed E-state index contributed by atoms with van der Waals surface area (Å²) in [5.74, 6) is -2.13. The molecule has 0 spiro atoms. The monoisotopic (exact) mass is 412 g/mol. The number of hydrogen-bond donors (Lipinski definition) is 5. The predicted molar refractivity (Wildman–Crippen MR) is 114 cm³/mol. The van der Waals surface area contributed by atoms with Crippen LogP contribution in [0.25, 0.3) is 0 Å². The van der Waals surface area contributed by atoms with E-state index in [2.05, 4.69) is 6.92 Å². The van der Waals surface area contributed by atoms with Crippen molar-refractivity contribution in [3.8, 4) is 5.75 Å². The molecule has 0 aliphatic heterocycles. The molecule has 6 heteroatoms. The molecule has 0 bridgehead atoms. The van der Waals surface area contributed by atoms with Crippen LogP contribution in [0.5, 0.6) is 5.75 Å². The number of unbranched alkanes of at least 4 members (excludes halogenated alkanes) is 9. The Morgan fingerprint density at radius 1 is 0.828 bits per heavy atom. The van der Waals surface area contributed by atoms with Crippen molar-refractivity contribution in [2.24, 2.45) is 0 Å². The van der Waals surface area contributed by atoms with Gasteiger partial charge in [0.2, 0.25) is 0 Å². The fraction of sp³-hybridized carbons (Fsp3) is 0.739. The number of benzene rings is 1. The Morgan fingerprint density at radius 3 is 1.83 bits per heavy atom. The molecule has 0 aliphatic carbocycles. The molecule has 0 aromatic heterocycles. The molecular formula is C23H40O6. The Kier molecular flexibility index (Phi) is 13.1. The van der Waals surface area contributed by atoms with E-state index < -0.39 is 31.2 Å². The first-order valence-electron chi connectivity index (χ1n) is 11.0. The largest absolute Gasteiger partial charge is 0.457 e. The smallest absolute Gasteiger partial charge is 0.260 e. The molecule has 0 saturated heterocycles. The summed E-state index contributed by atoms with van der Waals surface area (Å²) in [7, 11) is 0. The van der Waals surface area contributed by atoms with Crippen LogP contribution in [-0.2, 0) is 6.42 Å². The van der Waals surface area contributed by atoms with Gasteiger partial charge in [0.25, 0.3) is 5.79 Å². The van der Waals surface area contributed by atoms with Crippen LogP contribution in [0.4, 0.5) is 0 Å². The van der Waals surface area contributed by atoms with Crippen molar-refractivity contribution in [3.05, 3.63) is 29.8 Å². The molecule has 0 heterocycles. The Morgan fingerprint density at radius 2 is 1.34 bits per heavy atom. The third kappa shape index (κ3) is 9.92. The molecule has 1 aromatic carbocycles. The molecule has 0 aliphatic rings. The average Bonchev–Trinajstić information content (AvgIpc) is 2.75. The zero-order chi connectivity index (χ0) is 21.5. The summed E-state index contributed by atoms with van der Waals surface area (Å²) in [4.78, 5) is 0. The molecule has 1 rings (SSSR count). The van der Waals surface area contributed by atoms with Crippen molar-refractivity contribution >= 4 is 0 Å². The fourth-order valence-corrected chi connectivity index (χ4v) is 3.33. The molecule has 3 unspecified atom stereocenters. The highest BCUT2D eigenvalue weighted by molar-refractivity contribution is 5.28. The van der Waals surface area contributed by atoms with Gasteiger partial charge >= 0.3 is 0 Å². The van der Waals surface area contributed by atoms with Crippen LogP contribution < -0.4 is 4.74 Å². The number of hydrogen-bond acceptors (Lipinski definition) is 6. The van der Waals surface area contributed by atoms with Gasteiger partial charge in [0, 0.05) is 0 Å². The van der Waals surface area contributed by atoms with Crippen molar-refractivity contribution in [2.75, 3.05) is 13.2 Å². The first-order valence-corrected chi connectivity index (χ1v) is 11.0. The van der Waals surface area contributed by atoms with Crippen molar-refractivity contribution in [1.82, 2.24) is 0 Å². The molecule has 5 N–H and O–H groups in total. The summed E-state index contributed by atoms with van der Waals surface area (Å²) in [5.41, 5.74) is 1.15. The zero-order valence-corrected chi connectivity index (χ0v) is 17.8. The van der Waals surface area contributed by atoms with E-state index in [0.29, 0.717) is 0 Å². The van der Waals surface area contributed by atoms with Crippen LogP contribution in [0.1, 0.15) is 76.7 Å². The van der Waals surface area contributed by atoms with Crippen LogP contribution >= 0.6 is 0 Å². The molecule has 0 radical (unpaired) electrons. The second-order valence-electron chi connectivity index (χ2n) is 7.88. The first-order chi connectivity index (χ1) is 14.0. The van der Waals surface area contributed by atoms with Crippen molar-refractivity contribution in [2.45, 2.75) is 95.5 Å². The van der Waals surface area contributed by atoms with Gasteiger partial charge in [-0.15, -0.1) is 0 Å². The van der Waals surface area contributed by atoms with Gasteiger partial charge in [-0.25, -0.2) is 0 Å². The van der Waals surface area contributed by atoms with Crippen molar-refractivity contribution < 1.29 is 30.3 Å². The van der Waals surface area contributed by atoms with Crippen molar-refractivity contribution in [1.29, 1.82) is 0 Å². The minimum atomic E-state index is -2.39. The van der Waals surface area contributed by atoms with Gasteiger partial charge in [-0.05, 0) is 30.5 Å². The van der Waals surface area contributed by atoms with E-state index in [4.69, 9.17) is 9.84 Å². The number of aliphatic hydroxyl groups is 5. The van der Waals surface area contributed by atoms with E-state index in [9.17, 15) is 20.4 Å². The van der Waals surface area contributed by atoms with Crippen molar-refractivity contribution in [3.63, 3.8) is 0 Å². The highest BCUT2D eigenvalue weighted by Gasteiger charge is 2.42. The number of aryl methyl sites for hydroxylation is 1. The van der Waals surface area contributed by atoms with E-state index in [0.717, 1.165) is 18.4 Å². The van der Waals surface area contributed by atoms with Crippen LogP contribution in [0.2, 0.25) is 0 Å². The predicted octanol–water partition coefficient (Wildman–Crippen LogP) is 2.92. The lowest BCUT2D eigenvalue weighted by atomic mass is 10.0. The van der Waals surface area contributed by atoms with Gasteiger partial charge in [-0.3, -0.25) is 0 Å². The first kappa shape index (κ1) is 25.9. The maximum atomic E-state index is 10.2. The Bertz CT molecular complexity index is 521. The summed E-state index contributed by atoms with van der Waals surface area (Å²) in [6.45, 7) is 0.556. The van der Waals surface area contributed by atoms with Gasteiger partial charge in [0.15, 0.2) is 0 Å². The Hall–Kier alpha value is -1.18. The minimum Gasteiger partial charge on any atom is -0.457 e. The quantitative estimate of drug-likeness (QED) is 0.199. The normalized spacial score (nSPS) is 15.7. The summed E-state index contributed by atoms with van der Waals surface area (Å²) < 4.78 is 5.28. The second kappa shape index (κ2) is 14.7. The van der Waals surface area contributed by atoms with E-state index in [1.165, 1.54) is 57.8 Å². The SMILES string of the molecule is CCCCCCCCCCCCc1ccc(OC(O)(CO)C(O)C(O)CO)cc1. The third-order valence-electron chi connectivity index (χ3n) is 5.28. The molecule has 1 aromatic rings. The van der Waals surface area contributed by atoms with E-state index in [-0.39, 0.29) is 5.75 Å². The van der Waals surface area contributed by atoms with E-state index in [1.54, 1.807) is 12.1 Å². The maximum absolute atomic E-state index is 10.2. The summed E-state index contributed by atoms with van der Waals surface area (Å²) in [5, 5.41) is 47.8. The molecule has 0 fully saturated rings. The molecule has 0 amide bonds. The molecule has 29 heavy (non-hydrogen) atoms. The lowest BCUT2D eigenvalue weighted by Crippen LogP contribution is -2.56. The highest BCUT2D eigenvalue weighted by Crippen LogP contribution is 2.22. The van der Waals surface area contributed by atoms with E-state index in [1.807, 2.05) is 12.1 Å². The number of ether oxygens (including phenoxy) is 1. The highest BCUT2D eigenvalue weighted by atomic mass is 16.7. The molecule has 168 valence electrons. The van der Waals surface area contributed by atoms with Gasteiger partial charge in [0.1, 0.15) is 24.6 Å². The average molecular weight is 413 g/mol. The zero-order valence-electron chi connectivity index (χ0n) is 17.8. The standard InChI is InChI=1S/C23H40O6/c1-2-3-4-5-6-7-8-9-10-11-12-19-13-15-20(16-14-19)29-23(28,18-25)22(27)21(26)17-24/h13-16,21-22,24-28H,2-12,17-18H2,1H3. The molecule has 6 nitrogen and oxygen atoms in total. The summed E-state index contributed by atoms with van der Waals surface area (Å²) in [6.07, 6.45) is 10.5. The van der Waals surface area contributed by atoms with Gasteiger partial charge in [-0.2, -0.15) is 0 Å². The van der Waals surface area contributed by atoms with Gasteiger partial charge < -0.3 is 30.3 Å². The third-order valence-corrected chi connectivity index (χ3v) is 5.28. The summed E-state index contributed by atoms with van der Waals surface area (Å²) >= 11 is 0. The Labute approximate surface area is 175 Å².